The number of hydrogen-bond donors (Lipinski definition) is 0. The molecule has 0 aliphatic heterocycles. The van der Waals surface area contributed by atoms with E-state index >= 15 is 0 Å². The van der Waals surface area contributed by atoms with Crippen LogP contribution >= 0.6 is 11.3 Å². The van der Waals surface area contributed by atoms with E-state index in [0.29, 0.717) is 29.5 Å². The topological polar surface area (TPSA) is 65.1 Å². The Bertz CT molecular complexity index is 699. The van der Waals surface area contributed by atoms with Gasteiger partial charge < -0.3 is 19.1 Å². The molecule has 0 N–H and O–H groups in total. The van der Waals surface area contributed by atoms with E-state index in [1.165, 1.54) is 16.2 Å². The van der Waals surface area contributed by atoms with Crippen molar-refractivity contribution < 1.29 is 23.8 Å². The highest BCUT2D eigenvalue weighted by atomic mass is 32.1. The zero-order valence-electron chi connectivity index (χ0n) is 14.3. The number of rotatable bonds is 7. The van der Waals surface area contributed by atoms with Gasteiger partial charge in [-0.15, -0.1) is 11.3 Å². The van der Waals surface area contributed by atoms with Crippen LogP contribution in [0.15, 0.2) is 18.2 Å². The molecule has 24 heavy (non-hydrogen) atoms. The number of esters is 1. The molecule has 7 heteroatoms. The first-order valence-corrected chi connectivity index (χ1v) is 8.38. The molecule has 0 saturated carbocycles. The summed E-state index contributed by atoms with van der Waals surface area (Å²) < 4.78 is 16.4. The summed E-state index contributed by atoms with van der Waals surface area (Å²) in [5, 5.41) is 0.916. The Hall–Kier alpha value is -2.28. The second kappa shape index (κ2) is 8.01. The van der Waals surface area contributed by atoms with Gasteiger partial charge in [-0.05, 0) is 24.4 Å². The van der Waals surface area contributed by atoms with Crippen molar-refractivity contribution in [2.45, 2.75) is 13.3 Å². The molecule has 6 nitrogen and oxygen atoms in total. The summed E-state index contributed by atoms with van der Waals surface area (Å²) in [5.41, 5.74) is 0. The molecule has 0 spiro atoms. The lowest BCUT2D eigenvalue weighted by Gasteiger charge is -2.15. The number of amides is 1. The molecule has 0 bridgehead atoms. The third-order valence-electron chi connectivity index (χ3n) is 3.54. The van der Waals surface area contributed by atoms with Gasteiger partial charge in [0.2, 0.25) is 0 Å². The highest BCUT2D eigenvalue weighted by Gasteiger charge is 2.17. The smallest absolute Gasteiger partial charge is 0.307 e. The largest absolute Gasteiger partial charge is 0.493 e. The normalized spacial score (nSPS) is 10.5. The quantitative estimate of drug-likeness (QED) is 0.718. The number of benzene rings is 1. The third-order valence-corrected chi connectivity index (χ3v) is 4.62. The minimum absolute atomic E-state index is 0.126. The van der Waals surface area contributed by atoms with Gasteiger partial charge in [0.1, 0.15) is 0 Å². The van der Waals surface area contributed by atoms with Crippen LogP contribution in [-0.4, -0.2) is 51.2 Å². The van der Waals surface area contributed by atoms with Gasteiger partial charge >= 0.3 is 5.97 Å². The Morgan fingerprint density at radius 1 is 1.12 bits per heavy atom. The lowest BCUT2D eigenvalue weighted by Crippen LogP contribution is -2.28. The Labute approximate surface area is 144 Å². The van der Waals surface area contributed by atoms with Gasteiger partial charge in [0.05, 0.1) is 32.1 Å². The molecule has 2 aromatic rings. The van der Waals surface area contributed by atoms with Gasteiger partial charge in [-0.2, -0.15) is 0 Å². The van der Waals surface area contributed by atoms with Crippen molar-refractivity contribution in [2.24, 2.45) is 0 Å². The summed E-state index contributed by atoms with van der Waals surface area (Å²) >= 11 is 1.38. The molecule has 1 aromatic heterocycles. The number of carbonyl (C=O) groups excluding carboxylic acids is 2. The van der Waals surface area contributed by atoms with Crippen LogP contribution in [0.3, 0.4) is 0 Å². The SMILES string of the molecule is CCOC(=O)CCN(C)C(=O)c1cc2cc(OC)c(OC)cc2s1. The molecule has 0 radical (unpaired) electrons. The van der Waals surface area contributed by atoms with E-state index in [1.54, 1.807) is 28.2 Å². The third kappa shape index (κ3) is 3.97. The van der Waals surface area contributed by atoms with Gasteiger partial charge in [-0.1, -0.05) is 0 Å². The van der Waals surface area contributed by atoms with E-state index < -0.39 is 0 Å². The number of methoxy groups -OCH3 is 2. The van der Waals surface area contributed by atoms with Gasteiger partial charge in [0, 0.05) is 24.4 Å². The molecule has 0 aliphatic rings. The minimum Gasteiger partial charge on any atom is -0.493 e. The summed E-state index contributed by atoms with van der Waals surface area (Å²) in [5.74, 6) is 0.820. The zero-order valence-corrected chi connectivity index (χ0v) is 15.1. The number of thiophene rings is 1. The summed E-state index contributed by atoms with van der Waals surface area (Å²) in [6, 6.07) is 5.53. The fraction of sp³-hybridized carbons (Fsp3) is 0.412. The van der Waals surface area contributed by atoms with Crippen LogP contribution < -0.4 is 9.47 Å². The molecule has 0 saturated heterocycles. The second-order valence-corrected chi connectivity index (χ2v) is 6.22. The maximum absolute atomic E-state index is 12.5. The van der Waals surface area contributed by atoms with E-state index in [1.807, 2.05) is 18.2 Å². The number of carbonyl (C=O) groups is 2. The van der Waals surface area contributed by atoms with E-state index in [4.69, 9.17) is 14.2 Å². The fourth-order valence-electron chi connectivity index (χ4n) is 2.25. The first-order valence-electron chi connectivity index (χ1n) is 7.56. The molecule has 0 aliphatic carbocycles. The average molecular weight is 351 g/mol. The number of hydrogen-bond acceptors (Lipinski definition) is 6. The number of nitrogens with zero attached hydrogens (tertiary/aromatic N) is 1. The first-order chi connectivity index (χ1) is 11.5. The van der Waals surface area contributed by atoms with Crippen molar-refractivity contribution in [3.05, 3.63) is 23.1 Å². The maximum Gasteiger partial charge on any atom is 0.307 e. The predicted octanol–water partition coefficient (Wildman–Crippen LogP) is 2.94. The number of ether oxygens (including phenoxy) is 3. The number of fused-ring (bicyclic) bond motifs is 1. The van der Waals surface area contributed by atoms with Crippen LogP contribution in [0.2, 0.25) is 0 Å². The van der Waals surface area contributed by atoms with Crippen molar-refractivity contribution in [1.82, 2.24) is 4.90 Å². The molecular formula is C17H21NO5S. The Morgan fingerprint density at radius 2 is 1.79 bits per heavy atom. The molecular weight excluding hydrogens is 330 g/mol. The fourth-order valence-corrected chi connectivity index (χ4v) is 3.32. The van der Waals surface area contributed by atoms with Crippen LogP contribution in [0.25, 0.3) is 10.1 Å². The van der Waals surface area contributed by atoms with Crippen LogP contribution in [0.5, 0.6) is 11.5 Å². The second-order valence-electron chi connectivity index (χ2n) is 5.14. The molecule has 0 atom stereocenters. The standard InChI is InChI=1S/C17H21NO5S/c1-5-23-16(19)6-7-18(2)17(20)15-9-11-8-12(21-3)13(22-4)10-14(11)24-15/h8-10H,5-7H2,1-4H3. The highest BCUT2D eigenvalue weighted by Crippen LogP contribution is 2.36. The zero-order chi connectivity index (χ0) is 17.7. The maximum atomic E-state index is 12.5. The van der Waals surface area contributed by atoms with Gasteiger partial charge in [-0.25, -0.2) is 0 Å². The van der Waals surface area contributed by atoms with Crippen LogP contribution in [0, 0.1) is 0 Å². The van der Waals surface area contributed by atoms with Gasteiger partial charge in [-0.3, -0.25) is 9.59 Å². The van der Waals surface area contributed by atoms with Gasteiger partial charge in [0.15, 0.2) is 11.5 Å². The molecule has 0 fully saturated rings. The molecule has 0 unspecified atom stereocenters. The lowest BCUT2D eigenvalue weighted by atomic mass is 10.2. The van der Waals surface area contributed by atoms with Crippen molar-refractivity contribution in [2.75, 3.05) is 34.4 Å². The van der Waals surface area contributed by atoms with Crippen molar-refractivity contribution in [1.29, 1.82) is 0 Å². The van der Waals surface area contributed by atoms with Crippen molar-refractivity contribution in [3.8, 4) is 11.5 Å². The van der Waals surface area contributed by atoms with Crippen LogP contribution in [-0.2, 0) is 9.53 Å². The van der Waals surface area contributed by atoms with Gasteiger partial charge in [0.25, 0.3) is 5.91 Å². The summed E-state index contributed by atoms with van der Waals surface area (Å²) in [6.07, 6.45) is 0.183. The Balaban J connectivity index is 2.16. The average Bonchev–Trinajstić information content (AvgIpc) is 3.00. The first kappa shape index (κ1) is 18.1. The van der Waals surface area contributed by atoms with Crippen molar-refractivity contribution >= 4 is 33.3 Å². The summed E-state index contributed by atoms with van der Waals surface area (Å²) in [4.78, 5) is 26.0. The molecule has 1 heterocycles. The van der Waals surface area contributed by atoms with E-state index in [2.05, 4.69) is 0 Å². The summed E-state index contributed by atoms with van der Waals surface area (Å²) in [6.45, 7) is 2.42. The van der Waals surface area contributed by atoms with Crippen LogP contribution in [0.4, 0.5) is 0 Å². The highest BCUT2D eigenvalue weighted by molar-refractivity contribution is 7.20. The lowest BCUT2D eigenvalue weighted by molar-refractivity contribution is -0.143. The van der Waals surface area contributed by atoms with E-state index in [0.717, 1.165) is 10.1 Å². The Kier molecular flexibility index (Phi) is 6.03. The molecule has 2 rings (SSSR count). The minimum atomic E-state index is -0.303. The molecule has 1 aromatic carbocycles. The van der Waals surface area contributed by atoms with E-state index in [9.17, 15) is 9.59 Å². The van der Waals surface area contributed by atoms with E-state index in [-0.39, 0.29) is 18.3 Å². The van der Waals surface area contributed by atoms with Crippen molar-refractivity contribution in [3.63, 3.8) is 0 Å². The molecule has 1 amide bonds. The summed E-state index contributed by atoms with van der Waals surface area (Å²) in [7, 11) is 4.82. The predicted molar refractivity (Wildman–Crippen MR) is 93.1 cm³/mol. The van der Waals surface area contributed by atoms with Crippen LogP contribution in [0.1, 0.15) is 23.0 Å². The Morgan fingerprint density at radius 3 is 2.42 bits per heavy atom. The monoisotopic (exact) mass is 351 g/mol. The molecule has 130 valence electrons.